The van der Waals surface area contributed by atoms with Gasteiger partial charge in [-0.2, -0.15) is 4.98 Å². The number of likely N-dealkylation sites (tertiary alicyclic amines) is 1. The smallest absolute Gasteiger partial charge is 0.231 e. The number of hydrogen-bond acceptors (Lipinski definition) is 5. The standard InChI is InChI=1S/C14H24N4O/c1-2-18-8-4-6-12(18)9-13-16-14(19-17-13)11-5-3-7-15-10-11/h11-12,15H,2-10H2,1H3. The Morgan fingerprint density at radius 3 is 3.11 bits per heavy atom. The fourth-order valence-electron chi connectivity index (χ4n) is 3.33. The lowest BCUT2D eigenvalue weighted by Crippen LogP contribution is -2.31. The Bertz CT molecular complexity index is 400. The molecule has 1 N–H and O–H groups in total. The molecule has 0 aliphatic carbocycles. The number of piperidine rings is 1. The molecule has 5 nitrogen and oxygen atoms in total. The average molecular weight is 264 g/mol. The molecule has 1 aromatic heterocycles. The van der Waals surface area contributed by atoms with Gasteiger partial charge in [-0.25, -0.2) is 0 Å². The molecule has 0 spiro atoms. The monoisotopic (exact) mass is 264 g/mol. The molecule has 0 saturated carbocycles. The normalized spacial score (nSPS) is 28.9. The highest BCUT2D eigenvalue weighted by atomic mass is 16.5. The van der Waals surface area contributed by atoms with E-state index >= 15 is 0 Å². The van der Waals surface area contributed by atoms with Crippen molar-refractivity contribution in [3.63, 3.8) is 0 Å². The molecule has 5 heteroatoms. The number of nitrogens with one attached hydrogen (secondary N) is 1. The van der Waals surface area contributed by atoms with E-state index in [1.54, 1.807) is 0 Å². The Hall–Kier alpha value is -0.940. The van der Waals surface area contributed by atoms with Gasteiger partial charge in [0.2, 0.25) is 5.89 Å². The molecule has 3 heterocycles. The molecule has 0 radical (unpaired) electrons. The molecule has 3 rings (SSSR count). The van der Waals surface area contributed by atoms with E-state index in [-0.39, 0.29) is 0 Å². The third-order valence-corrected chi connectivity index (χ3v) is 4.45. The summed E-state index contributed by atoms with van der Waals surface area (Å²) in [7, 11) is 0. The van der Waals surface area contributed by atoms with Crippen LogP contribution in [0.15, 0.2) is 4.52 Å². The summed E-state index contributed by atoms with van der Waals surface area (Å²) in [5.41, 5.74) is 0. The van der Waals surface area contributed by atoms with Crippen molar-refractivity contribution in [1.82, 2.24) is 20.4 Å². The van der Waals surface area contributed by atoms with Gasteiger partial charge in [0.25, 0.3) is 0 Å². The predicted molar refractivity (Wildman–Crippen MR) is 73.1 cm³/mol. The highest BCUT2D eigenvalue weighted by Gasteiger charge is 2.26. The Kier molecular flexibility index (Phi) is 4.13. The minimum Gasteiger partial charge on any atom is -0.339 e. The molecule has 2 atom stereocenters. The van der Waals surface area contributed by atoms with Crippen LogP contribution >= 0.6 is 0 Å². The largest absolute Gasteiger partial charge is 0.339 e. The van der Waals surface area contributed by atoms with Gasteiger partial charge >= 0.3 is 0 Å². The number of likely N-dealkylation sites (N-methyl/N-ethyl adjacent to an activating group) is 1. The summed E-state index contributed by atoms with van der Waals surface area (Å²) in [6.45, 7) is 6.67. The summed E-state index contributed by atoms with van der Waals surface area (Å²) in [6.07, 6.45) is 5.88. The Labute approximate surface area is 114 Å². The molecule has 0 bridgehead atoms. The zero-order valence-corrected chi connectivity index (χ0v) is 11.8. The van der Waals surface area contributed by atoms with Crippen LogP contribution in [-0.4, -0.2) is 47.3 Å². The SMILES string of the molecule is CCN1CCCC1Cc1noc(C2CCCNC2)n1. The topological polar surface area (TPSA) is 54.2 Å². The van der Waals surface area contributed by atoms with Crippen LogP contribution in [0.4, 0.5) is 0 Å². The predicted octanol–water partition coefficient (Wildman–Crippen LogP) is 1.56. The van der Waals surface area contributed by atoms with Crippen LogP contribution < -0.4 is 5.32 Å². The molecule has 2 fully saturated rings. The van der Waals surface area contributed by atoms with Crippen molar-refractivity contribution in [1.29, 1.82) is 0 Å². The zero-order chi connectivity index (χ0) is 13.1. The van der Waals surface area contributed by atoms with Gasteiger partial charge in [-0.1, -0.05) is 12.1 Å². The number of nitrogens with zero attached hydrogens (tertiary/aromatic N) is 3. The van der Waals surface area contributed by atoms with Crippen molar-refractivity contribution >= 4 is 0 Å². The Morgan fingerprint density at radius 2 is 2.32 bits per heavy atom. The van der Waals surface area contributed by atoms with Gasteiger partial charge in [0.05, 0.1) is 5.92 Å². The van der Waals surface area contributed by atoms with Crippen molar-refractivity contribution in [2.24, 2.45) is 0 Å². The van der Waals surface area contributed by atoms with Gasteiger partial charge in [-0.05, 0) is 45.3 Å². The van der Waals surface area contributed by atoms with Gasteiger partial charge in [-0.15, -0.1) is 0 Å². The van der Waals surface area contributed by atoms with E-state index in [0.717, 1.165) is 37.8 Å². The zero-order valence-electron chi connectivity index (χ0n) is 11.8. The maximum absolute atomic E-state index is 5.46. The minimum atomic E-state index is 0.417. The third-order valence-electron chi connectivity index (χ3n) is 4.45. The lowest BCUT2D eigenvalue weighted by Gasteiger charge is -2.21. The maximum atomic E-state index is 5.46. The Balaban J connectivity index is 1.61. The van der Waals surface area contributed by atoms with Gasteiger partial charge in [0.1, 0.15) is 0 Å². The molecule has 19 heavy (non-hydrogen) atoms. The second-order valence-electron chi connectivity index (χ2n) is 5.72. The molecular weight excluding hydrogens is 240 g/mol. The summed E-state index contributed by atoms with van der Waals surface area (Å²) < 4.78 is 5.46. The first kappa shape index (κ1) is 13.1. The van der Waals surface area contributed by atoms with Gasteiger partial charge in [0, 0.05) is 19.0 Å². The number of aromatic nitrogens is 2. The molecular formula is C14H24N4O. The highest BCUT2D eigenvalue weighted by Crippen LogP contribution is 2.23. The summed E-state index contributed by atoms with van der Waals surface area (Å²) in [6, 6.07) is 0.611. The molecule has 2 aliphatic heterocycles. The number of hydrogen-bond donors (Lipinski definition) is 1. The summed E-state index contributed by atoms with van der Waals surface area (Å²) in [4.78, 5) is 7.15. The first-order valence-corrected chi connectivity index (χ1v) is 7.64. The summed E-state index contributed by atoms with van der Waals surface area (Å²) in [5.74, 6) is 2.15. The van der Waals surface area contributed by atoms with Crippen LogP contribution in [-0.2, 0) is 6.42 Å². The molecule has 2 aliphatic rings. The van der Waals surface area contributed by atoms with Crippen LogP contribution in [0, 0.1) is 0 Å². The van der Waals surface area contributed by atoms with E-state index in [4.69, 9.17) is 4.52 Å². The third kappa shape index (κ3) is 2.98. The molecule has 2 saturated heterocycles. The van der Waals surface area contributed by atoms with E-state index in [1.807, 2.05) is 0 Å². The van der Waals surface area contributed by atoms with Crippen LogP contribution in [0.1, 0.15) is 50.2 Å². The van der Waals surface area contributed by atoms with Crippen molar-refractivity contribution in [2.75, 3.05) is 26.2 Å². The molecule has 0 aromatic carbocycles. The van der Waals surface area contributed by atoms with Gasteiger partial charge in [0.15, 0.2) is 5.82 Å². The van der Waals surface area contributed by atoms with Crippen molar-refractivity contribution in [2.45, 2.75) is 51.0 Å². The Morgan fingerprint density at radius 1 is 1.37 bits per heavy atom. The van der Waals surface area contributed by atoms with E-state index in [1.165, 1.54) is 32.2 Å². The molecule has 1 aromatic rings. The van der Waals surface area contributed by atoms with E-state index < -0.39 is 0 Å². The summed E-state index contributed by atoms with van der Waals surface area (Å²) >= 11 is 0. The van der Waals surface area contributed by atoms with Crippen LogP contribution in [0.5, 0.6) is 0 Å². The van der Waals surface area contributed by atoms with Crippen molar-refractivity contribution in [3.05, 3.63) is 11.7 Å². The fourth-order valence-corrected chi connectivity index (χ4v) is 3.33. The minimum absolute atomic E-state index is 0.417. The van der Waals surface area contributed by atoms with E-state index in [9.17, 15) is 0 Å². The quantitative estimate of drug-likeness (QED) is 0.894. The van der Waals surface area contributed by atoms with Crippen LogP contribution in [0.25, 0.3) is 0 Å². The first-order valence-electron chi connectivity index (χ1n) is 7.64. The first-order chi connectivity index (χ1) is 9.36. The maximum Gasteiger partial charge on any atom is 0.231 e. The average Bonchev–Trinajstić information content (AvgIpc) is 3.09. The highest BCUT2D eigenvalue weighted by molar-refractivity contribution is 4.99. The second-order valence-corrected chi connectivity index (χ2v) is 5.72. The summed E-state index contributed by atoms with van der Waals surface area (Å²) in [5, 5.41) is 7.58. The van der Waals surface area contributed by atoms with Gasteiger partial charge in [-0.3, -0.25) is 0 Å². The second kappa shape index (κ2) is 6.01. The fraction of sp³-hybridized carbons (Fsp3) is 0.857. The van der Waals surface area contributed by atoms with E-state index in [0.29, 0.717) is 12.0 Å². The molecule has 106 valence electrons. The lowest BCUT2D eigenvalue weighted by atomic mass is 10.00. The molecule has 2 unspecified atom stereocenters. The van der Waals surface area contributed by atoms with Crippen LogP contribution in [0.2, 0.25) is 0 Å². The van der Waals surface area contributed by atoms with Crippen molar-refractivity contribution < 1.29 is 4.52 Å². The van der Waals surface area contributed by atoms with Crippen molar-refractivity contribution in [3.8, 4) is 0 Å². The van der Waals surface area contributed by atoms with Crippen LogP contribution in [0.3, 0.4) is 0 Å². The number of rotatable bonds is 4. The van der Waals surface area contributed by atoms with E-state index in [2.05, 4.69) is 27.3 Å². The lowest BCUT2D eigenvalue weighted by molar-refractivity contribution is 0.260. The van der Waals surface area contributed by atoms with Gasteiger partial charge < -0.3 is 14.7 Å². The molecule has 0 amide bonds.